The lowest BCUT2D eigenvalue weighted by atomic mass is 10.4. The Bertz CT molecular complexity index is 404. The summed E-state index contributed by atoms with van der Waals surface area (Å²) in [6.45, 7) is 0.560. The second-order valence-electron chi connectivity index (χ2n) is 2.57. The Morgan fingerprint density at radius 2 is 2.38 bits per heavy atom. The number of aromatic nitrogens is 4. The zero-order valence-electron chi connectivity index (χ0n) is 7.14. The van der Waals surface area contributed by atoms with Gasteiger partial charge in [-0.25, -0.2) is 0 Å². The van der Waals surface area contributed by atoms with Crippen LogP contribution in [-0.4, -0.2) is 20.2 Å². The van der Waals surface area contributed by atoms with Gasteiger partial charge in [-0.05, 0) is 17.3 Å². The van der Waals surface area contributed by atoms with Crippen LogP contribution in [0.5, 0.6) is 0 Å². The largest absolute Gasteiger partial charge is 0.326 e. The fourth-order valence-corrected chi connectivity index (χ4v) is 1.80. The molecule has 0 aliphatic carbocycles. The van der Waals surface area contributed by atoms with Crippen LogP contribution in [-0.2, 0) is 13.6 Å². The molecule has 0 saturated carbocycles. The summed E-state index contributed by atoms with van der Waals surface area (Å²) in [4.78, 5) is 3.58. The minimum atomic E-state index is 0.560. The van der Waals surface area contributed by atoms with Gasteiger partial charge in [0.2, 0.25) is 5.82 Å². The summed E-state index contributed by atoms with van der Waals surface area (Å²) in [5.41, 5.74) is 5.50. The van der Waals surface area contributed by atoms with Crippen molar-refractivity contribution >= 4 is 11.3 Å². The molecular weight excluding hydrogens is 186 g/mol. The Kier molecular flexibility index (Phi) is 2.07. The molecule has 0 unspecified atom stereocenters. The molecule has 0 fully saturated rings. The smallest absolute Gasteiger partial charge is 0.214 e. The highest BCUT2D eigenvalue weighted by atomic mass is 32.1. The number of aryl methyl sites for hydroxylation is 1. The zero-order chi connectivity index (χ0) is 9.26. The topological polar surface area (TPSA) is 69.6 Å². The van der Waals surface area contributed by atoms with Gasteiger partial charge in [-0.3, -0.25) is 0 Å². The maximum absolute atomic E-state index is 5.50. The summed E-state index contributed by atoms with van der Waals surface area (Å²) in [6, 6.07) is 3.94. The second-order valence-corrected chi connectivity index (χ2v) is 3.74. The predicted molar refractivity (Wildman–Crippen MR) is 50.0 cm³/mol. The van der Waals surface area contributed by atoms with E-state index in [1.807, 2.05) is 12.1 Å². The van der Waals surface area contributed by atoms with Gasteiger partial charge in [0.25, 0.3) is 0 Å². The van der Waals surface area contributed by atoms with Crippen molar-refractivity contribution in [1.82, 2.24) is 20.2 Å². The summed E-state index contributed by atoms with van der Waals surface area (Å²) in [6.07, 6.45) is 0. The molecule has 0 bridgehead atoms. The Balaban J connectivity index is 2.35. The van der Waals surface area contributed by atoms with Crippen molar-refractivity contribution in [2.45, 2.75) is 6.54 Å². The molecule has 2 rings (SSSR count). The van der Waals surface area contributed by atoms with Gasteiger partial charge in [-0.15, -0.1) is 21.5 Å². The first-order valence-electron chi connectivity index (χ1n) is 3.83. The number of nitrogens with zero attached hydrogens (tertiary/aromatic N) is 4. The van der Waals surface area contributed by atoms with E-state index in [2.05, 4.69) is 15.4 Å². The van der Waals surface area contributed by atoms with Crippen LogP contribution in [0.3, 0.4) is 0 Å². The molecule has 2 N–H and O–H groups in total. The Morgan fingerprint density at radius 3 is 2.92 bits per heavy atom. The van der Waals surface area contributed by atoms with Crippen molar-refractivity contribution in [3.8, 4) is 10.7 Å². The van der Waals surface area contributed by atoms with Crippen molar-refractivity contribution in [2.24, 2.45) is 12.8 Å². The summed E-state index contributed by atoms with van der Waals surface area (Å²) in [5, 5.41) is 11.8. The summed E-state index contributed by atoms with van der Waals surface area (Å²) in [5.74, 6) is 0.659. The van der Waals surface area contributed by atoms with Crippen LogP contribution in [0, 0.1) is 0 Å². The van der Waals surface area contributed by atoms with Crippen molar-refractivity contribution in [3.63, 3.8) is 0 Å². The Hall–Kier alpha value is -1.27. The fraction of sp³-hybridized carbons (Fsp3) is 0.286. The SMILES string of the molecule is Cn1nnc(-c2ccc(CN)s2)n1. The minimum Gasteiger partial charge on any atom is -0.326 e. The number of nitrogens with two attached hydrogens (primary N) is 1. The lowest BCUT2D eigenvalue weighted by molar-refractivity contribution is 0.630. The van der Waals surface area contributed by atoms with E-state index in [1.54, 1.807) is 18.4 Å². The molecule has 0 amide bonds. The Labute approximate surface area is 79.2 Å². The van der Waals surface area contributed by atoms with E-state index in [9.17, 15) is 0 Å². The van der Waals surface area contributed by atoms with Crippen LogP contribution in [0.25, 0.3) is 10.7 Å². The highest BCUT2D eigenvalue weighted by molar-refractivity contribution is 7.15. The second kappa shape index (κ2) is 3.23. The van der Waals surface area contributed by atoms with Gasteiger partial charge in [0.1, 0.15) is 0 Å². The minimum absolute atomic E-state index is 0.560. The van der Waals surface area contributed by atoms with Gasteiger partial charge in [-0.2, -0.15) is 4.80 Å². The maximum Gasteiger partial charge on any atom is 0.214 e. The van der Waals surface area contributed by atoms with Gasteiger partial charge in [0, 0.05) is 11.4 Å². The molecule has 6 heteroatoms. The fourth-order valence-electron chi connectivity index (χ4n) is 0.991. The number of hydrogen-bond donors (Lipinski definition) is 1. The third kappa shape index (κ3) is 1.58. The van der Waals surface area contributed by atoms with Gasteiger partial charge in [0.15, 0.2) is 0 Å². The first kappa shape index (κ1) is 8.33. The lowest BCUT2D eigenvalue weighted by Crippen LogP contribution is -1.91. The predicted octanol–water partition coefficient (Wildman–Crippen LogP) is 0.397. The third-order valence-corrected chi connectivity index (χ3v) is 2.70. The van der Waals surface area contributed by atoms with Crippen LogP contribution >= 0.6 is 11.3 Å². The zero-order valence-corrected chi connectivity index (χ0v) is 7.95. The maximum atomic E-state index is 5.50. The third-order valence-electron chi connectivity index (χ3n) is 1.59. The van der Waals surface area contributed by atoms with Gasteiger partial charge >= 0.3 is 0 Å². The number of rotatable bonds is 2. The normalized spacial score (nSPS) is 10.6. The summed E-state index contributed by atoms with van der Waals surface area (Å²) >= 11 is 1.60. The first-order chi connectivity index (χ1) is 6.29. The summed E-state index contributed by atoms with van der Waals surface area (Å²) < 4.78 is 0. The molecule has 0 radical (unpaired) electrons. The van der Waals surface area contributed by atoms with E-state index in [-0.39, 0.29) is 0 Å². The van der Waals surface area contributed by atoms with E-state index in [1.165, 1.54) is 4.80 Å². The molecule has 2 aromatic heterocycles. The van der Waals surface area contributed by atoms with Gasteiger partial charge in [-0.1, -0.05) is 0 Å². The molecule has 2 aromatic rings. The highest BCUT2D eigenvalue weighted by Crippen LogP contribution is 2.23. The quantitative estimate of drug-likeness (QED) is 0.753. The van der Waals surface area contributed by atoms with Crippen LogP contribution in [0.4, 0.5) is 0 Å². The van der Waals surface area contributed by atoms with E-state index >= 15 is 0 Å². The van der Waals surface area contributed by atoms with E-state index in [4.69, 9.17) is 5.73 Å². The molecule has 68 valence electrons. The molecule has 5 nitrogen and oxygen atoms in total. The number of tetrazole rings is 1. The van der Waals surface area contributed by atoms with E-state index in [0.717, 1.165) is 9.75 Å². The first-order valence-corrected chi connectivity index (χ1v) is 4.64. The standard InChI is InChI=1S/C7H9N5S/c1-12-10-7(9-11-12)6-3-2-5(4-8)13-6/h2-3H,4,8H2,1H3. The van der Waals surface area contributed by atoms with Crippen molar-refractivity contribution < 1.29 is 0 Å². The lowest BCUT2D eigenvalue weighted by Gasteiger charge is -1.85. The monoisotopic (exact) mass is 195 g/mol. The van der Waals surface area contributed by atoms with Crippen molar-refractivity contribution in [1.29, 1.82) is 0 Å². The number of hydrogen-bond acceptors (Lipinski definition) is 5. The highest BCUT2D eigenvalue weighted by Gasteiger charge is 2.06. The van der Waals surface area contributed by atoms with Gasteiger partial charge in [0.05, 0.1) is 11.9 Å². The average Bonchev–Trinajstić information content (AvgIpc) is 2.71. The molecule has 0 aromatic carbocycles. The Morgan fingerprint density at radius 1 is 1.54 bits per heavy atom. The van der Waals surface area contributed by atoms with Crippen LogP contribution in [0.2, 0.25) is 0 Å². The van der Waals surface area contributed by atoms with Crippen LogP contribution in [0.1, 0.15) is 4.88 Å². The average molecular weight is 195 g/mol. The molecule has 0 aliphatic heterocycles. The number of thiophene rings is 1. The molecule has 2 heterocycles. The van der Waals surface area contributed by atoms with E-state index in [0.29, 0.717) is 12.4 Å². The van der Waals surface area contributed by atoms with Crippen LogP contribution < -0.4 is 5.73 Å². The molecule has 0 atom stereocenters. The van der Waals surface area contributed by atoms with Gasteiger partial charge < -0.3 is 5.73 Å². The molecule has 0 aliphatic rings. The molecule has 0 saturated heterocycles. The van der Waals surface area contributed by atoms with Crippen molar-refractivity contribution in [2.75, 3.05) is 0 Å². The molecular formula is C7H9N5S. The molecule has 0 spiro atoms. The van der Waals surface area contributed by atoms with Crippen LogP contribution in [0.15, 0.2) is 12.1 Å². The van der Waals surface area contributed by atoms with E-state index < -0.39 is 0 Å². The molecule has 13 heavy (non-hydrogen) atoms. The van der Waals surface area contributed by atoms with Crippen molar-refractivity contribution in [3.05, 3.63) is 17.0 Å². The summed E-state index contributed by atoms with van der Waals surface area (Å²) in [7, 11) is 1.74.